The zero-order chi connectivity index (χ0) is 13.1. The predicted octanol–water partition coefficient (Wildman–Crippen LogP) is 1.27. The van der Waals surface area contributed by atoms with Crippen molar-refractivity contribution < 1.29 is 19.4 Å². The first kappa shape index (κ1) is 13.3. The van der Waals surface area contributed by atoms with Crippen molar-refractivity contribution >= 4 is 11.9 Å². The molecule has 1 amide bonds. The van der Waals surface area contributed by atoms with Crippen LogP contribution in [0.4, 0.5) is 0 Å². The molecule has 3 unspecified atom stereocenters. The Morgan fingerprint density at radius 3 is 2.61 bits per heavy atom. The number of amides is 1. The van der Waals surface area contributed by atoms with Crippen LogP contribution in [0.5, 0.6) is 0 Å². The fourth-order valence-corrected chi connectivity index (χ4v) is 2.74. The Morgan fingerprint density at radius 2 is 2.00 bits per heavy atom. The molecule has 1 N–H and O–H groups in total. The topological polar surface area (TPSA) is 66.8 Å². The standard InChI is InChI=1S/C13H21NO4/c1-9-5-6-10(13(16)17)8-14(9)12(15)11-4-2-3-7-18-11/h9-11H,2-8H2,1H3,(H,16,17). The molecule has 0 bridgehead atoms. The first-order valence-corrected chi connectivity index (χ1v) is 6.74. The Balaban J connectivity index is 2.00. The van der Waals surface area contributed by atoms with Gasteiger partial charge in [0.05, 0.1) is 5.92 Å². The molecule has 0 aromatic carbocycles. The van der Waals surface area contributed by atoms with Crippen LogP contribution >= 0.6 is 0 Å². The average molecular weight is 255 g/mol. The molecule has 0 aromatic heterocycles. The van der Waals surface area contributed by atoms with Gasteiger partial charge in [0.2, 0.25) is 0 Å². The third-order valence-corrected chi connectivity index (χ3v) is 3.97. The lowest BCUT2D eigenvalue weighted by molar-refractivity contribution is -0.154. The summed E-state index contributed by atoms with van der Waals surface area (Å²) in [5.74, 6) is -1.24. The van der Waals surface area contributed by atoms with Gasteiger partial charge in [-0.25, -0.2) is 0 Å². The van der Waals surface area contributed by atoms with Crippen LogP contribution in [0.25, 0.3) is 0 Å². The number of carbonyl (C=O) groups excluding carboxylic acids is 1. The molecule has 3 atom stereocenters. The fraction of sp³-hybridized carbons (Fsp3) is 0.846. The quantitative estimate of drug-likeness (QED) is 0.807. The van der Waals surface area contributed by atoms with Crippen molar-refractivity contribution in [2.45, 2.75) is 51.2 Å². The van der Waals surface area contributed by atoms with Crippen LogP contribution in [-0.4, -0.2) is 47.2 Å². The summed E-state index contributed by atoms with van der Waals surface area (Å²) in [6, 6.07) is 0.124. The second-order valence-electron chi connectivity index (χ2n) is 5.31. The van der Waals surface area contributed by atoms with Crippen LogP contribution in [-0.2, 0) is 14.3 Å². The highest BCUT2D eigenvalue weighted by molar-refractivity contribution is 5.82. The second kappa shape index (κ2) is 5.69. The summed E-state index contributed by atoms with van der Waals surface area (Å²) in [7, 11) is 0. The van der Waals surface area contributed by atoms with Crippen LogP contribution < -0.4 is 0 Å². The maximum Gasteiger partial charge on any atom is 0.308 e. The van der Waals surface area contributed by atoms with Crippen LogP contribution in [0.3, 0.4) is 0 Å². The number of piperidine rings is 1. The molecule has 2 saturated heterocycles. The summed E-state index contributed by atoms with van der Waals surface area (Å²) in [6.45, 7) is 2.95. The van der Waals surface area contributed by atoms with E-state index < -0.39 is 11.9 Å². The Kier molecular flexibility index (Phi) is 4.22. The summed E-state index contributed by atoms with van der Waals surface area (Å²) in [6.07, 6.45) is 3.85. The molecule has 2 rings (SSSR count). The molecule has 102 valence electrons. The van der Waals surface area contributed by atoms with Gasteiger partial charge in [-0.1, -0.05) is 0 Å². The number of aliphatic carboxylic acids is 1. The first-order chi connectivity index (χ1) is 8.59. The molecule has 5 nitrogen and oxygen atoms in total. The van der Waals surface area contributed by atoms with Crippen molar-refractivity contribution in [1.29, 1.82) is 0 Å². The van der Waals surface area contributed by atoms with E-state index in [-0.39, 0.29) is 18.1 Å². The molecular weight excluding hydrogens is 234 g/mol. The van der Waals surface area contributed by atoms with E-state index in [9.17, 15) is 9.59 Å². The van der Waals surface area contributed by atoms with E-state index in [0.29, 0.717) is 19.6 Å². The lowest BCUT2D eigenvalue weighted by Gasteiger charge is -2.39. The van der Waals surface area contributed by atoms with E-state index in [1.54, 1.807) is 4.90 Å². The maximum absolute atomic E-state index is 12.3. The largest absolute Gasteiger partial charge is 0.481 e. The smallest absolute Gasteiger partial charge is 0.308 e. The molecule has 18 heavy (non-hydrogen) atoms. The van der Waals surface area contributed by atoms with Gasteiger partial charge >= 0.3 is 5.97 Å². The summed E-state index contributed by atoms with van der Waals surface area (Å²) < 4.78 is 5.50. The van der Waals surface area contributed by atoms with Gasteiger partial charge in [0.15, 0.2) is 0 Å². The van der Waals surface area contributed by atoms with E-state index in [1.165, 1.54) is 0 Å². The second-order valence-corrected chi connectivity index (χ2v) is 5.31. The van der Waals surface area contributed by atoms with Crippen molar-refractivity contribution in [3.05, 3.63) is 0 Å². The molecule has 0 spiro atoms. The number of ether oxygens (including phenoxy) is 1. The summed E-state index contributed by atoms with van der Waals surface area (Å²) in [5.41, 5.74) is 0. The maximum atomic E-state index is 12.3. The van der Waals surface area contributed by atoms with E-state index in [2.05, 4.69) is 0 Å². The van der Waals surface area contributed by atoms with Gasteiger partial charge in [-0.05, 0) is 39.0 Å². The van der Waals surface area contributed by atoms with Crippen molar-refractivity contribution in [3.63, 3.8) is 0 Å². The van der Waals surface area contributed by atoms with E-state index in [4.69, 9.17) is 9.84 Å². The predicted molar refractivity (Wildman–Crippen MR) is 65.1 cm³/mol. The molecule has 0 saturated carbocycles. The van der Waals surface area contributed by atoms with Crippen LogP contribution in [0.1, 0.15) is 39.0 Å². The number of hydrogen-bond acceptors (Lipinski definition) is 3. The fourth-order valence-electron chi connectivity index (χ4n) is 2.74. The number of likely N-dealkylation sites (tertiary alicyclic amines) is 1. The molecule has 2 fully saturated rings. The van der Waals surface area contributed by atoms with Crippen LogP contribution in [0.2, 0.25) is 0 Å². The van der Waals surface area contributed by atoms with E-state index in [0.717, 1.165) is 25.7 Å². The molecule has 2 heterocycles. The zero-order valence-corrected chi connectivity index (χ0v) is 10.8. The molecule has 2 aliphatic rings. The molecule has 0 aromatic rings. The molecule has 0 radical (unpaired) electrons. The van der Waals surface area contributed by atoms with Gasteiger partial charge < -0.3 is 14.7 Å². The normalized spacial score (nSPS) is 33.2. The Morgan fingerprint density at radius 1 is 1.22 bits per heavy atom. The third kappa shape index (κ3) is 2.83. The lowest BCUT2D eigenvalue weighted by atomic mass is 9.92. The average Bonchev–Trinajstić information content (AvgIpc) is 2.39. The van der Waals surface area contributed by atoms with E-state index >= 15 is 0 Å². The van der Waals surface area contributed by atoms with Crippen LogP contribution in [0.15, 0.2) is 0 Å². The minimum atomic E-state index is -0.802. The Hall–Kier alpha value is -1.10. The highest BCUT2D eigenvalue weighted by Gasteiger charge is 2.36. The lowest BCUT2D eigenvalue weighted by Crippen LogP contribution is -2.51. The zero-order valence-electron chi connectivity index (χ0n) is 10.8. The number of carboxylic acid groups (broad SMARTS) is 1. The van der Waals surface area contributed by atoms with Crippen LogP contribution in [0, 0.1) is 5.92 Å². The van der Waals surface area contributed by atoms with Gasteiger partial charge in [0.1, 0.15) is 6.10 Å². The molecule has 2 aliphatic heterocycles. The number of rotatable bonds is 2. The Labute approximate surface area is 107 Å². The van der Waals surface area contributed by atoms with Gasteiger partial charge in [-0.3, -0.25) is 9.59 Å². The minimum absolute atomic E-state index is 0.0202. The minimum Gasteiger partial charge on any atom is -0.481 e. The summed E-state index contributed by atoms with van der Waals surface area (Å²) in [5, 5.41) is 9.07. The molecule has 5 heteroatoms. The van der Waals surface area contributed by atoms with Gasteiger partial charge in [-0.2, -0.15) is 0 Å². The monoisotopic (exact) mass is 255 g/mol. The number of hydrogen-bond donors (Lipinski definition) is 1. The van der Waals surface area contributed by atoms with Crippen molar-refractivity contribution in [1.82, 2.24) is 4.90 Å². The van der Waals surface area contributed by atoms with Crippen molar-refractivity contribution in [3.8, 4) is 0 Å². The highest BCUT2D eigenvalue weighted by Crippen LogP contribution is 2.25. The highest BCUT2D eigenvalue weighted by atomic mass is 16.5. The molecular formula is C13H21NO4. The van der Waals surface area contributed by atoms with Crippen molar-refractivity contribution in [2.75, 3.05) is 13.2 Å². The van der Waals surface area contributed by atoms with E-state index in [1.807, 2.05) is 6.92 Å². The summed E-state index contributed by atoms with van der Waals surface area (Å²) in [4.78, 5) is 25.1. The Bertz CT molecular complexity index is 325. The molecule has 0 aliphatic carbocycles. The number of carbonyl (C=O) groups is 2. The number of carboxylic acids is 1. The number of nitrogens with zero attached hydrogens (tertiary/aromatic N) is 1. The van der Waals surface area contributed by atoms with Crippen molar-refractivity contribution in [2.24, 2.45) is 5.92 Å². The van der Waals surface area contributed by atoms with Gasteiger partial charge in [0, 0.05) is 19.2 Å². The van der Waals surface area contributed by atoms with Gasteiger partial charge in [-0.15, -0.1) is 0 Å². The SMILES string of the molecule is CC1CCC(C(=O)O)CN1C(=O)C1CCCCO1. The summed E-state index contributed by atoms with van der Waals surface area (Å²) >= 11 is 0. The third-order valence-electron chi connectivity index (χ3n) is 3.97. The van der Waals surface area contributed by atoms with Gasteiger partial charge in [0.25, 0.3) is 5.91 Å². The first-order valence-electron chi connectivity index (χ1n) is 6.74.